The van der Waals surface area contributed by atoms with Gasteiger partial charge in [-0.05, 0) is 38.8 Å². The van der Waals surface area contributed by atoms with E-state index in [1.54, 1.807) is 29.9 Å². The summed E-state index contributed by atoms with van der Waals surface area (Å²) in [4.78, 5) is 16.2. The molecule has 1 fully saturated rings. The van der Waals surface area contributed by atoms with Gasteiger partial charge in [0.2, 0.25) is 0 Å². The lowest BCUT2D eigenvalue weighted by Crippen LogP contribution is -2.39. The second-order valence-electron chi connectivity index (χ2n) is 8.28. The predicted octanol–water partition coefficient (Wildman–Crippen LogP) is 3.53. The highest BCUT2D eigenvalue weighted by Crippen LogP contribution is 2.39. The van der Waals surface area contributed by atoms with Gasteiger partial charge in [-0.15, -0.1) is 0 Å². The fraction of sp³-hybridized carbons (Fsp3) is 0.391. The van der Waals surface area contributed by atoms with Crippen LogP contribution in [0, 0.1) is 25.1 Å². The molecule has 1 aliphatic carbocycles. The minimum Gasteiger partial charge on any atom is -0.350 e. The number of hydrogen-bond acceptors (Lipinski definition) is 5. The number of rotatable bonds is 4. The number of imidazole rings is 1. The maximum Gasteiger partial charge on any atom is 0.149 e. The van der Waals surface area contributed by atoms with Crippen molar-refractivity contribution < 1.29 is 4.39 Å². The van der Waals surface area contributed by atoms with Crippen molar-refractivity contribution in [1.29, 1.82) is 5.41 Å². The molecule has 1 saturated carbocycles. The van der Waals surface area contributed by atoms with Crippen molar-refractivity contribution in [3.8, 4) is 11.3 Å². The summed E-state index contributed by atoms with van der Waals surface area (Å²) in [6.45, 7) is 5.12. The summed E-state index contributed by atoms with van der Waals surface area (Å²) in [5, 5.41) is 9.04. The molecule has 8 heteroatoms. The van der Waals surface area contributed by atoms with Gasteiger partial charge in [0.1, 0.15) is 34.7 Å². The van der Waals surface area contributed by atoms with Gasteiger partial charge >= 0.3 is 0 Å². The van der Waals surface area contributed by atoms with Crippen molar-refractivity contribution in [3.05, 3.63) is 64.4 Å². The first-order valence-electron chi connectivity index (χ1n) is 10.7. The van der Waals surface area contributed by atoms with Crippen molar-refractivity contribution in [1.82, 2.24) is 24.5 Å². The Morgan fingerprint density at radius 2 is 1.94 bits per heavy atom. The molecule has 0 radical (unpaired) electrons. The largest absolute Gasteiger partial charge is 0.350 e. The quantitative estimate of drug-likeness (QED) is 0.499. The van der Waals surface area contributed by atoms with E-state index in [-0.39, 0.29) is 5.82 Å². The third-order valence-corrected chi connectivity index (χ3v) is 6.17. The molecule has 160 valence electrons. The van der Waals surface area contributed by atoms with E-state index in [2.05, 4.69) is 10.4 Å². The van der Waals surface area contributed by atoms with E-state index in [9.17, 15) is 4.39 Å². The maximum absolute atomic E-state index is 14.6. The van der Waals surface area contributed by atoms with Crippen molar-refractivity contribution in [2.24, 2.45) is 0 Å². The van der Waals surface area contributed by atoms with Gasteiger partial charge in [-0.2, -0.15) is 0 Å². The van der Waals surface area contributed by atoms with Crippen molar-refractivity contribution in [3.63, 3.8) is 0 Å². The second kappa shape index (κ2) is 7.44. The average Bonchev–Trinajstić information content (AvgIpc) is 3.56. The van der Waals surface area contributed by atoms with E-state index in [0.717, 1.165) is 29.2 Å². The molecular formula is C23H26FN7. The molecule has 0 spiro atoms. The molecular weight excluding hydrogens is 393 g/mol. The van der Waals surface area contributed by atoms with Crippen LogP contribution in [-0.2, 0) is 13.0 Å². The Morgan fingerprint density at radius 1 is 1.16 bits per heavy atom. The van der Waals surface area contributed by atoms with Crippen LogP contribution in [0.4, 0.5) is 4.39 Å². The molecule has 3 heterocycles. The zero-order valence-corrected chi connectivity index (χ0v) is 18.0. The topological polar surface area (TPSA) is 82.7 Å². The summed E-state index contributed by atoms with van der Waals surface area (Å²) in [5.41, 5.74) is 7.71. The van der Waals surface area contributed by atoms with Gasteiger partial charge < -0.3 is 10.3 Å². The third-order valence-electron chi connectivity index (χ3n) is 6.17. The smallest absolute Gasteiger partial charge is 0.149 e. The van der Waals surface area contributed by atoms with Gasteiger partial charge in [-0.3, -0.25) is 5.41 Å². The molecule has 0 atom stereocenters. The standard InChI is InChI=1S/C23H26FN7/c1-13-17-12-30(11-10-19(17)29-23(27-13)15-8-9-15)22(25)21-20(28-14(2)31(21)26-3)16-6-4-5-7-18(16)24/h4-7,15,25-26H,8-12H2,1-3H3. The molecule has 2 aliphatic rings. The maximum atomic E-state index is 14.6. The molecule has 0 unspecified atom stereocenters. The molecule has 3 aromatic rings. The molecule has 0 saturated heterocycles. The van der Waals surface area contributed by atoms with Crippen molar-refractivity contribution >= 4 is 5.84 Å². The minimum atomic E-state index is -0.349. The normalized spacial score (nSPS) is 15.7. The predicted molar refractivity (Wildman–Crippen MR) is 117 cm³/mol. The highest BCUT2D eigenvalue weighted by Gasteiger charge is 2.31. The Morgan fingerprint density at radius 3 is 2.65 bits per heavy atom. The molecule has 0 amide bonds. The van der Waals surface area contributed by atoms with Crippen LogP contribution in [0.2, 0.25) is 0 Å². The SMILES string of the molecule is CNn1c(C)nc(-c2ccccc2F)c1C(=N)N1CCc2nc(C3CC3)nc(C)c2C1. The highest BCUT2D eigenvalue weighted by atomic mass is 19.1. The first-order valence-corrected chi connectivity index (χ1v) is 10.7. The van der Waals surface area contributed by atoms with Gasteiger partial charge in [0.15, 0.2) is 0 Å². The van der Waals surface area contributed by atoms with Crippen molar-refractivity contribution in [2.45, 2.75) is 45.6 Å². The van der Waals surface area contributed by atoms with E-state index in [1.165, 1.54) is 18.9 Å². The number of nitrogens with one attached hydrogen (secondary N) is 2. The number of halogens is 1. The van der Waals surface area contributed by atoms with Gasteiger partial charge in [0.05, 0.1) is 5.69 Å². The van der Waals surface area contributed by atoms with Gasteiger partial charge in [-0.1, -0.05) is 12.1 Å². The third kappa shape index (κ3) is 3.36. The minimum absolute atomic E-state index is 0.310. The van der Waals surface area contributed by atoms with Gasteiger partial charge in [-0.25, -0.2) is 24.0 Å². The molecule has 1 aromatic carbocycles. The van der Waals surface area contributed by atoms with Crippen molar-refractivity contribution in [2.75, 3.05) is 19.0 Å². The van der Waals surface area contributed by atoms with Crippen LogP contribution < -0.4 is 5.43 Å². The fourth-order valence-corrected chi connectivity index (χ4v) is 4.33. The second-order valence-corrected chi connectivity index (χ2v) is 8.28. The van der Waals surface area contributed by atoms with Crippen LogP contribution >= 0.6 is 0 Å². The number of nitrogens with zero attached hydrogens (tertiary/aromatic N) is 5. The number of aryl methyl sites for hydroxylation is 2. The lowest BCUT2D eigenvalue weighted by atomic mass is 10.0. The summed E-state index contributed by atoms with van der Waals surface area (Å²) >= 11 is 0. The lowest BCUT2D eigenvalue weighted by Gasteiger charge is -2.31. The number of hydrogen-bond donors (Lipinski definition) is 2. The molecule has 2 aromatic heterocycles. The van der Waals surface area contributed by atoms with E-state index >= 15 is 0 Å². The number of amidine groups is 1. The number of benzene rings is 1. The van der Waals surface area contributed by atoms with Crippen LogP contribution in [0.5, 0.6) is 0 Å². The zero-order chi connectivity index (χ0) is 21.7. The Bertz CT molecular complexity index is 1180. The first-order chi connectivity index (χ1) is 15.0. The lowest BCUT2D eigenvalue weighted by molar-refractivity contribution is 0.382. The summed E-state index contributed by atoms with van der Waals surface area (Å²) in [7, 11) is 1.78. The van der Waals surface area contributed by atoms with Crippen LogP contribution in [0.25, 0.3) is 11.3 Å². The average molecular weight is 420 g/mol. The van der Waals surface area contributed by atoms with E-state index < -0.39 is 0 Å². The van der Waals surface area contributed by atoms with Crippen LogP contribution in [-0.4, -0.2) is 44.0 Å². The van der Waals surface area contributed by atoms with Gasteiger partial charge in [0.25, 0.3) is 0 Å². The molecule has 31 heavy (non-hydrogen) atoms. The summed E-state index contributed by atoms with van der Waals surface area (Å²) in [5.74, 6) is 2.14. The monoisotopic (exact) mass is 419 g/mol. The van der Waals surface area contributed by atoms with E-state index in [1.807, 2.05) is 18.7 Å². The Hall–Kier alpha value is -3.29. The van der Waals surface area contributed by atoms with E-state index in [4.69, 9.17) is 15.4 Å². The van der Waals surface area contributed by atoms with Gasteiger partial charge in [0, 0.05) is 49.3 Å². The fourth-order valence-electron chi connectivity index (χ4n) is 4.33. The van der Waals surface area contributed by atoms with Crippen LogP contribution in [0.1, 0.15) is 53.1 Å². The Balaban J connectivity index is 1.52. The molecule has 0 bridgehead atoms. The van der Waals surface area contributed by atoms with Crippen LogP contribution in [0.15, 0.2) is 24.3 Å². The number of aromatic nitrogens is 4. The summed E-state index contributed by atoms with van der Waals surface area (Å²) in [6, 6.07) is 6.57. The van der Waals surface area contributed by atoms with Crippen LogP contribution in [0.3, 0.4) is 0 Å². The molecule has 1 aliphatic heterocycles. The highest BCUT2D eigenvalue weighted by molar-refractivity contribution is 6.00. The Kier molecular flexibility index (Phi) is 4.72. The first kappa shape index (κ1) is 19.7. The molecule has 2 N–H and O–H groups in total. The number of fused-ring (bicyclic) bond motifs is 1. The summed E-state index contributed by atoms with van der Waals surface area (Å²) in [6.07, 6.45) is 3.13. The molecule has 5 rings (SSSR count). The van der Waals surface area contributed by atoms with E-state index in [0.29, 0.717) is 47.6 Å². The zero-order valence-electron chi connectivity index (χ0n) is 18.0. The Labute approximate surface area is 180 Å². The molecule has 7 nitrogen and oxygen atoms in total. The summed E-state index contributed by atoms with van der Waals surface area (Å²) < 4.78 is 16.3.